The number of rotatable bonds is 5. The lowest BCUT2D eigenvalue weighted by Gasteiger charge is -2.12. The highest BCUT2D eigenvalue weighted by Gasteiger charge is 2.04. The minimum absolute atomic E-state index is 0.225. The van der Waals surface area contributed by atoms with E-state index < -0.39 is 0 Å². The molecule has 0 aliphatic carbocycles. The fourth-order valence-corrected chi connectivity index (χ4v) is 2.88. The number of aryl methyl sites for hydroxylation is 1. The molecule has 0 unspecified atom stereocenters. The molecule has 0 amide bonds. The molecule has 3 aromatic rings. The standard InChI is InChI=1S/C20H23FN4/c1-14-6-7-18-16(13-24-19(18)10-14)8-9-23-20(22-2)25-12-15-4-3-5-17(21)11-15/h3-7,10-11,13,24H,8-9,12H2,1-2H3,(H2,22,23,25). The van der Waals surface area contributed by atoms with Gasteiger partial charge in [-0.25, -0.2) is 4.39 Å². The van der Waals surface area contributed by atoms with E-state index in [0.29, 0.717) is 12.5 Å². The van der Waals surface area contributed by atoms with Gasteiger partial charge in [0, 0.05) is 37.2 Å². The van der Waals surface area contributed by atoms with E-state index in [1.54, 1.807) is 13.1 Å². The van der Waals surface area contributed by atoms with Crippen LogP contribution in [0.4, 0.5) is 4.39 Å². The Hall–Kier alpha value is -2.82. The predicted molar refractivity (Wildman–Crippen MR) is 101 cm³/mol. The zero-order valence-electron chi connectivity index (χ0n) is 14.6. The summed E-state index contributed by atoms with van der Waals surface area (Å²) in [5, 5.41) is 7.76. The summed E-state index contributed by atoms with van der Waals surface area (Å²) in [6, 6.07) is 13.0. The van der Waals surface area contributed by atoms with Gasteiger partial charge in [-0.15, -0.1) is 0 Å². The summed E-state index contributed by atoms with van der Waals surface area (Å²) < 4.78 is 13.2. The number of nitrogens with zero attached hydrogens (tertiary/aromatic N) is 1. The summed E-state index contributed by atoms with van der Waals surface area (Å²) in [5.41, 5.74) is 4.59. The van der Waals surface area contributed by atoms with Crippen LogP contribution in [-0.2, 0) is 13.0 Å². The van der Waals surface area contributed by atoms with Gasteiger partial charge in [-0.2, -0.15) is 0 Å². The van der Waals surface area contributed by atoms with E-state index >= 15 is 0 Å². The third kappa shape index (κ3) is 4.38. The molecule has 130 valence electrons. The number of fused-ring (bicyclic) bond motifs is 1. The van der Waals surface area contributed by atoms with Gasteiger partial charge in [0.15, 0.2) is 5.96 Å². The van der Waals surface area contributed by atoms with Crippen LogP contribution >= 0.6 is 0 Å². The number of benzene rings is 2. The van der Waals surface area contributed by atoms with Gasteiger partial charge in [0.05, 0.1) is 0 Å². The number of aromatic nitrogens is 1. The van der Waals surface area contributed by atoms with E-state index in [1.165, 1.54) is 34.2 Å². The van der Waals surface area contributed by atoms with Crippen molar-refractivity contribution in [2.75, 3.05) is 13.6 Å². The molecule has 4 nitrogen and oxygen atoms in total. The molecule has 5 heteroatoms. The van der Waals surface area contributed by atoms with Crippen molar-refractivity contribution in [1.82, 2.24) is 15.6 Å². The number of hydrogen-bond donors (Lipinski definition) is 3. The summed E-state index contributed by atoms with van der Waals surface area (Å²) in [5.74, 6) is 0.483. The van der Waals surface area contributed by atoms with Gasteiger partial charge in [0.1, 0.15) is 5.82 Å². The lowest BCUT2D eigenvalue weighted by atomic mass is 10.1. The summed E-state index contributed by atoms with van der Waals surface area (Å²) in [4.78, 5) is 7.54. The molecule has 0 radical (unpaired) electrons. The number of halogens is 1. The average Bonchev–Trinajstić information content (AvgIpc) is 3.00. The number of aliphatic imine (C=N–C) groups is 1. The van der Waals surface area contributed by atoms with Crippen LogP contribution in [-0.4, -0.2) is 24.5 Å². The van der Waals surface area contributed by atoms with Crippen molar-refractivity contribution in [3.63, 3.8) is 0 Å². The Morgan fingerprint density at radius 2 is 2.04 bits per heavy atom. The highest BCUT2D eigenvalue weighted by atomic mass is 19.1. The Kier molecular flexibility index (Phi) is 5.33. The van der Waals surface area contributed by atoms with Crippen LogP contribution < -0.4 is 10.6 Å². The molecule has 0 aliphatic rings. The van der Waals surface area contributed by atoms with Crippen molar-refractivity contribution in [2.24, 2.45) is 4.99 Å². The zero-order valence-corrected chi connectivity index (χ0v) is 14.6. The van der Waals surface area contributed by atoms with Crippen LogP contribution in [0.1, 0.15) is 16.7 Å². The fraction of sp³-hybridized carbons (Fsp3) is 0.250. The zero-order chi connectivity index (χ0) is 17.6. The van der Waals surface area contributed by atoms with Gasteiger partial charge < -0.3 is 15.6 Å². The minimum atomic E-state index is -0.225. The first-order valence-corrected chi connectivity index (χ1v) is 8.41. The molecule has 25 heavy (non-hydrogen) atoms. The third-order valence-electron chi connectivity index (χ3n) is 4.18. The van der Waals surface area contributed by atoms with E-state index in [0.717, 1.165) is 18.5 Å². The summed E-state index contributed by atoms with van der Waals surface area (Å²) in [7, 11) is 1.73. The second-order valence-electron chi connectivity index (χ2n) is 6.10. The molecule has 2 aromatic carbocycles. The van der Waals surface area contributed by atoms with Gasteiger partial charge >= 0.3 is 0 Å². The van der Waals surface area contributed by atoms with E-state index in [4.69, 9.17) is 0 Å². The number of nitrogens with one attached hydrogen (secondary N) is 3. The maximum absolute atomic E-state index is 13.2. The molecular weight excluding hydrogens is 315 g/mol. The van der Waals surface area contributed by atoms with Crippen LogP contribution in [0.5, 0.6) is 0 Å². The minimum Gasteiger partial charge on any atom is -0.361 e. The highest BCUT2D eigenvalue weighted by molar-refractivity contribution is 5.84. The molecule has 0 saturated heterocycles. The van der Waals surface area contributed by atoms with Crippen molar-refractivity contribution in [1.29, 1.82) is 0 Å². The summed E-state index contributed by atoms with van der Waals surface area (Å²) in [6.45, 7) is 3.39. The summed E-state index contributed by atoms with van der Waals surface area (Å²) in [6.07, 6.45) is 2.96. The molecule has 0 aliphatic heterocycles. The Morgan fingerprint density at radius 1 is 1.16 bits per heavy atom. The van der Waals surface area contributed by atoms with Crippen LogP contribution in [0.15, 0.2) is 53.7 Å². The Labute approximate surface area is 147 Å². The number of aromatic amines is 1. The van der Waals surface area contributed by atoms with Crippen molar-refractivity contribution in [3.8, 4) is 0 Å². The van der Waals surface area contributed by atoms with E-state index in [-0.39, 0.29) is 5.82 Å². The molecule has 1 heterocycles. The van der Waals surface area contributed by atoms with Crippen LogP contribution in [0.2, 0.25) is 0 Å². The summed E-state index contributed by atoms with van der Waals surface area (Å²) >= 11 is 0. The first-order chi connectivity index (χ1) is 12.2. The molecule has 0 saturated carbocycles. The maximum Gasteiger partial charge on any atom is 0.191 e. The first-order valence-electron chi connectivity index (χ1n) is 8.41. The number of hydrogen-bond acceptors (Lipinski definition) is 1. The number of guanidine groups is 1. The van der Waals surface area contributed by atoms with Gasteiger partial charge in [-0.1, -0.05) is 24.3 Å². The smallest absolute Gasteiger partial charge is 0.191 e. The van der Waals surface area contributed by atoms with Gasteiger partial charge in [-0.05, 0) is 48.2 Å². The lowest BCUT2D eigenvalue weighted by molar-refractivity contribution is 0.624. The second-order valence-corrected chi connectivity index (χ2v) is 6.10. The predicted octanol–water partition coefficient (Wildman–Crippen LogP) is 3.52. The Bertz CT molecular complexity index is 882. The molecule has 3 N–H and O–H groups in total. The second kappa shape index (κ2) is 7.83. The van der Waals surface area contributed by atoms with Gasteiger partial charge in [-0.3, -0.25) is 4.99 Å². The van der Waals surface area contributed by atoms with Crippen LogP contribution in [0, 0.1) is 12.7 Å². The lowest BCUT2D eigenvalue weighted by Crippen LogP contribution is -2.37. The molecule has 3 rings (SSSR count). The normalized spacial score (nSPS) is 11.7. The van der Waals surface area contributed by atoms with Crippen molar-refractivity contribution in [3.05, 3.63) is 71.2 Å². The SMILES string of the molecule is CN=C(NCCc1c[nH]c2cc(C)ccc12)NCc1cccc(F)c1. The topological polar surface area (TPSA) is 52.2 Å². The maximum atomic E-state index is 13.2. The fourth-order valence-electron chi connectivity index (χ4n) is 2.88. The average molecular weight is 338 g/mol. The van der Waals surface area contributed by atoms with Crippen molar-refractivity contribution < 1.29 is 4.39 Å². The van der Waals surface area contributed by atoms with E-state index in [2.05, 4.69) is 51.9 Å². The van der Waals surface area contributed by atoms with Gasteiger partial charge in [0.2, 0.25) is 0 Å². The highest BCUT2D eigenvalue weighted by Crippen LogP contribution is 2.19. The monoisotopic (exact) mass is 338 g/mol. The largest absolute Gasteiger partial charge is 0.361 e. The molecule has 0 fully saturated rings. The van der Waals surface area contributed by atoms with Crippen molar-refractivity contribution >= 4 is 16.9 Å². The molecular formula is C20H23FN4. The Morgan fingerprint density at radius 3 is 2.84 bits per heavy atom. The van der Waals surface area contributed by atoms with Gasteiger partial charge in [0.25, 0.3) is 0 Å². The number of H-pyrrole nitrogens is 1. The third-order valence-corrected chi connectivity index (χ3v) is 4.18. The first kappa shape index (κ1) is 17.0. The van der Waals surface area contributed by atoms with Crippen molar-refractivity contribution in [2.45, 2.75) is 19.9 Å². The van der Waals surface area contributed by atoms with Crippen LogP contribution in [0.3, 0.4) is 0 Å². The Balaban J connectivity index is 1.52. The molecule has 0 spiro atoms. The molecule has 0 bridgehead atoms. The van der Waals surface area contributed by atoms with Crippen LogP contribution in [0.25, 0.3) is 10.9 Å². The molecule has 0 atom stereocenters. The molecule has 1 aromatic heterocycles. The van der Waals surface area contributed by atoms with E-state index in [1.807, 2.05) is 6.07 Å². The quantitative estimate of drug-likeness (QED) is 0.492. The van der Waals surface area contributed by atoms with E-state index in [9.17, 15) is 4.39 Å².